The van der Waals surface area contributed by atoms with Gasteiger partial charge in [0.25, 0.3) is 0 Å². The van der Waals surface area contributed by atoms with Crippen molar-refractivity contribution in [1.82, 2.24) is 14.6 Å². The zero-order valence-electron chi connectivity index (χ0n) is 18.5. The predicted octanol–water partition coefficient (Wildman–Crippen LogP) is 6.46. The number of ketones is 1. The average Bonchev–Trinajstić information content (AvgIpc) is 3.26. The molecule has 174 valence electrons. The summed E-state index contributed by atoms with van der Waals surface area (Å²) in [6.45, 7) is 1.99. The van der Waals surface area contributed by atoms with Crippen molar-refractivity contribution in [3.63, 3.8) is 0 Å². The first-order valence-corrected chi connectivity index (χ1v) is 12.4. The third-order valence-corrected chi connectivity index (χ3v) is 6.90. The van der Waals surface area contributed by atoms with Crippen molar-refractivity contribution in [3.05, 3.63) is 99.5 Å². The summed E-state index contributed by atoms with van der Waals surface area (Å²) < 4.78 is 1.91. The highest BCUT2D eigenvalue weighted by atomic mass is 35.5. The Morgan fingerprint density at radius 2 is 1.69 bits per heavy atom. The van der Waals surface area contributed by atoms with Crippen molar-refractivity contribution < 1.29 is 9.59 Å². The van der Waals surface area contributed by atoms with Gasteiger partial charge in [0.2, 0.25) is 5.91 Å². The molecule has 0 fully saturated rings. The van der Waals surface area contributed by atoms with Gasteiger partial charge >= 0.3 is 0 Å². The van der Waals surface area contributed by atoms with Crippen LogP contribution in [0.2, 0.25) is 10.0 Å². The number of carbonyl (C=O) groups is 2. The van der Waals surface area contributed by atoms with Crippen LogP contribution in [0.3, 0.4) is 0 Å². The van der Waals surface area contributed by atoms with Crippen molar-refractivity contribution in [2.45, 2.75) is 12.1 Å². The van der Waals surface area contributed by atoms with Crippen LogP contribution in [0.4, 0.5) is 5.69 Å². The van der Waals surface area contributed by atoms with Gasteiger partial charge < -0.3 is 5.32 Å². The molecule has 1 N–H and O–H groups in total. The van der Waals surface area contributed by atoms with Gasteiger partial charge in [-0.25, -0.2) is 0 Å². The molecule has 0 saturated carbocycles. The number of nitrogens with one attached hydrogen (secondary N) is 1. The van der Waals surface area contributed by atoms with Crippen molar-refractivity contribution in [2.75, 3.05) is 11.1 Å². The highest BCUT2D eigenvalue weighted by molar-refractivity contribution is 7.99. The molecule has 0 atom stereocenters. The average molecular weight is 521 g/mol. The predicted molar refractivity (Wildman–Crippen MR) is 141 cm³/mol. The van der Waals surface area contributed by atoms with Crippen molar-refractivity contribution in [1.29, 1.82) is 0 Å². The molecule has 2 aromatic heterocycles. The molecule has 5 rings (SSSR count). The Morgan fingerprint density at radius 1 is 0.943 bits per heavy atom. The van der Waals surface area contributed by atoms with Gasteiger partial charge in [0.1, 0.15) is 0 Å². The fourth-order valence-corrected chi connectivity index (χ4v) is 4.96. The van der Waals surface area contributed by atoms with Crippen LogP contribution in [0, 0.1) is 6.92 Å². The molecule has 0 aliphatic rings. The number of pyridine rings is 1. The molecular weight excluding hydrogens is 503 g/mol. The highest BCUT2D eigenvalue weighted by Gasteiger charge is 2.18. The van der Waals surface area contributed by atoms with Crippen LogP contribution in [0.25, 0.3) is 16.6 Å². The summed E-state index contributed by atoms with van der Waals surface area (Å²) in [7, 11) is 0. The lowest BCUT2D eigenvalue weighted by atomic mass is 10.0. The molecule has 1 amide bonds. The molecule has 0 unspecified atom stereocenters. The van der Waals surface area contributed by atoms with Gasteiger partial charge in [-0.3, -0.25) is 14.0 Å². The van der Waals surface area contributed by atoms with E-state index in [2.05, 4.69) is 15.5 Å². The zero-order chi connectivity index (χ0) is 24.5. The summed E-state index contributed by atoms with van der Waals surface area (Å²) in [6.07, 6.45) is 0. The fourth-order valence-electron chi connectivity index (χ4n) is 3.86. The molecule has 35 heavy (non-hydrogen) atoms. The van der Waals surface area contributed by atoms with Crippen molar-refractivity contribution in [2.24, 2.45) is 0 Å². The van der Waals surface area contributed by atoms with E-state index in [1.54, 1.807) is 42.5 Å². The van der Waals surface area contributed by atoms with Gasteiger partial charge in [-0.2, -0.15) is 0 Å². The monoisotopic (exact) mass is 520 g/mol. The molecule has 0 aliphatic heterocycles. The maximum atomic E-state index is 13.0. The van der Waals surface area contributed by atoms with E-state index in [0.29, 0.717) is 37.7 Å². The lowest BCUT2D eigenvalue weighted by molar-refractivity contribution is -0.113. The maximum Gasteiger partial charge on any atom is 0.234 e. The van der Waals surface area contributed by atoms with Crippen molar-refractivity contribution >= 4 is 68.9 Å². The Bertz CT molecular complexity index is 1600. The minimum absolute atomic E-state index is 0.0747. The second-order valence-corrected chi connectivity index (χ2v) is 9.70. The van der Waals surface area contributed by atoms with Crippen LogP contribution >= 0.6 is 35.0 Å². The number of nitrogens with zero attached hydrogens (tertiary/aromatic N) is 3. The first-order chi connectivity index (χ1) is 16.9. The number of aryl methyl sites for hydroxylation is 1. The number of fused-ring (bicyclic) bond motifs is 3. The third kappa shape index (κ3) is 4.75. The number of carbonyl (C=O) groups excluding carboxylic acids is 2. The Kier molecular flexibility index (Phi) is 6.47. The highest BCUT2D eigenvalue weighted by Crippen LogP contribution is 2.28. The largest absolute Gasteiger partial charge is 0.325 e. The molecule has 0 aliphatic carbocycles. The van der Waals surface area contributed by atoms with Gasteiger partial charge in [-0.05, 0) is 55.0 Å². The summed E-state index contributed by atoms with van der Waals surface area (Å²) in [5, 5.41) is 14.0. The Hall–Kier alpha value is -3.39. The molecule has 9 heteroatoms. The number of halogens is 2. The van der Waals surface area contributed by atoms with Gasteiger partial charge in [-0.1, -0.05) is 65.3 Å². The van der Waals surface area contributed by atoms with Crippen molar-refractivity contribution in [3.8, 4) is 0 Å². The molecule has 0 saturated heterocycles. The summed E-state index contributed by atoms with van der Waals surface area (Å²) in [6, 6.07) is 21.3. The molecule has 2 heterocycles. The molecule has 0 bridgehead atoms. The van der Waals surface area contributed by atoms with Gasteiger partial charge in [-0.15, -0.1) is 10.2 Å². The van der Waals surface area contributed by atoms with E-state index < -0.39 is 0 Å². The van der Waals surface area contributed by atoms with Gasteiger partial charge in [0, 0.05) is 26.6 Å². The number of thioether (sulfide) groups is 1. The minimum Gasteiger partial charge on any atom is -0.325 e. The number of rotatable bonds is 6. The Labute approximate surface area is 215 Å². The van der Waals surface area contributed by atoms with Crippen LogP contribution in [-0.2, 0) is 4.79 Å². The van der Waals surface area contributed by atoms with E-state index in [1.807, 2.05) is 41.7 Å². The van der Waals surface area contributed by atoms with E-state index in [-0.39, 0.29) is 17.4 Å². The number of aromatic nitrogens is 3. The molecule has 0 spiro atoms. The van der Waals surface area contributed by atoms with Gasteiger partial charge in [0.05, 0.1) is 17.0 Å². The molecule has 0 radical (unpaired) electrons. The van der Waals surface area contributed by atoms with E-state index in [1.165, 1.54) is 11.8 Å². The summed E-state index contributed by atoms with van der Waals surface area (Å²) in [5.74, 6) is -0.429. The van der Waals surface area contributed by atoms with Gasteiger partial charge in [0.15, 0.2) is 16.6 Å². The van der Waals surface area contributed by atoms with Crippen LogP contribution in [-0.4, -0.2) is 32.0 Å². The van der Waals surface area contributed by atoms with E-state index in [9.17, 15) is 9.59 Å². The lowest BCUT2D eigenvalue weighted by Gasteiger charge is -2.11. The summed E-state index contributed by atoms with van der Waals surface area (Å²) in [5.41, 5.74) is 3.87. The van der Waals surface area contributed by atoms with Crippen LogP contribution < -0.4 is 5.32 Å². The van der Waals surface area contributed by atoms with Crippen LogP contribution in [0.1, 0.15) is 21.5 Å². The Balaban J connectivity index is 1.38. The second kappa shape index (κ2) is 9.70. The summed E-state index contributed by atoms with van der Waals surface area (Å²) >= 11 is 13.6. The normalized spacial score (nSPS) is 11.2. The molecular formula is C26H18Cl2N4O2S. The smallest absolute Gasteiger partial charge is 0.234 e. The van der Waals surface area contributed by atoms with Crippen LogP contribution in [0.5, 0.6) is 0 Å². The third-order valence-electron chi connectivity index (χ3n) is 5.50. The molecule has 5 aromatic rings. The molecule has 6 nitrogen and oxygen atoms in total. The molecule has 3 aromatic carbocycles. The maximum absolute atomic E-state index is 13.0. The number of hydrogen-bond acceptors (Lipinski definition) is 5. The number of amides is 1. The SMILES string of the molecule is Cc1cc2nnc(SCC(=O)Nc3ccc(Cl)cc3C(=O)c3ccccc3)n2c2ccc(Cl)cc12. The van der Waals surface area contributed by atoms with E-state index in [0.717, 1.165) is 16.5 Å². The minimum atomic E-state index is -0.282. The first kappa shape index (κ1) is 23.4. The van der Waals surface area contributed by atoms with E-state index >= 15 is 0 Å². The second-order valence-electron chi connectivity index (χ2n) is 7.89. The summed E-state index contributed by atoms with van der Waals surface area (Å²) in [4.78, 5) is 25.9. The first-order valence-electron chi connectivity index (χ1n) is 10.7. The Morgan fingerprint density at radius 3 is 2.49 bits per heavy atom. The zero-order valence-corrected chi connectivity index (χ0v) is 20.8. The number of hydrogen-bond donors (Lipinski definition) is 1. The quantitative estimate of drug-likeness (QED) is 0.205. The topological polar surface area (TPSA) is 76.4 Å². The number of anilines is 1. The van der Waals surface area contributed by atoms with E-state index in [4.69, 9.17) is 23.2 Å². The fraction of sp³-hybridized carbons (Fsp3) is 0.0769. The van der Waals surface area contributed by atoms with Crippen LogP contribution in [0.15, 0.2) is 78.0 Å². The number of benzene rings is 3. The standard InChI is InChI=1S/C26H18Cl2N4O2S/c1-15-11-23-30-31-26(32(23)22-10-8-18(28)12-19(15)22)35-14-24(33)29-21-9-7-17(27)13-20(21)25(34)16-5-3-2-4-6-16/h2-13H,14H2,1H3,(H,29,33). The lowest BCUT2D eigenvalue weighted by Crippen LogP contribution is -2.17.